The molecule has 26 heavy (non-hydrogen) atoms. The van der Waals surface area contributed by atoms with Crippen LogP contribution in [0.15, 0.2) is 56.4 Å². The Balaban J connectivity index is 1.80. The van der Waals surface area contributed by atoms with Gasteiger partial charge in [0.1, 0.15) is 11.5 Å². The highest BCUT2D eigenvalue weighted by atomic mass is 16.3. The summed E-state index contributed by atoms with van der Waals surface area (Å²) in [5, 5.41) is 0. The van der Waals surface area contributed by atoms with Gasteiger partial charge in [0.15, 0.2) is 5.43 Å². The van der Waals surface area contributed by atoms with Crippen LogP contribution in [0.3, 0.4) is 0 Å². The van der Waals surface area contributed by atoms with E-state index in [0.717, 1.165) is 67.7 Å². The van der Waals surface area contributed by atoms with E-state index >= 15 is 0 Å². The van der Waals surface area contributed by atoms with Crippen LogP contribution < -0.4 is 5.43 Å². The molecule has 4 rings (SSSR count). The zero-order valence-corrected chi connectivity index (χ0v) is 15.8. The first-order chi connectivity index (χ1) is 12.7. The van der Waals surface area contributed by atoms with Gasteiger partial charge < -0.3 is 9.32 Å². The smallest absolute Gasteiger partial charge is 0.192 e. The third kappa shape index (κ3) is 3.00. The van der Waals surface area contributed by atoms with Crippen molar-refractivity contribution in [3.05, 3.63) is 80.1 Å². The lowest BCUT2D eigenvalue weighted by molar-refractivity contribution is 0.434. The van der Waals surface area contributed by atoms with Crippen LogP contribution in [0.2, 0.25) is 0 Å². The highest BCUT2D eigenvalue weighted by Gasteiger charge is 2.28. The summed E-state index contributed by atoms with van der Waals surface area (Å²) in [5.41, 5.74) is 6.05. The molecule has 0 aromatic carbocycles. The molecule has 1 aliphatic heterocycles. The fraction of sp³-hybridized carbons (Fsp3) is 0.435. The Labute approximate surface area is 155 Å². The Morgan fingerprint density at radius 2 is 2.00 bits per heavy atom. The van der Waals surface area contributed by atoms with Gasteiger partial charge in [0.2, 0.25) is 0 Å². The normalized spacial score (nSPS) is 19.2. The second kappa shape index (κ2) is 7.14. The second-order valence-corrected chi connectivity index (χ2v) is 7.50. The minimum absolute atomic E-state index is 0.229. The topological polar surface area (TPSA) is 33.5 Å². The number of fused-ring (bicyclic) bond motifs is 2. The minimum atomic E-state index is 0.229. The molecule has 0 saturated carbocycles. The van der Waals surface area contributed by atoms with Crippen molar-refractivity contribution >= 4 is 0 Å². The quantitative estimate of drug-likeness (QED) is 0.764. The van der Waals surface area contributed by atoms with Crippen molar-refractivity contribution in [2.45, 2.75) is 51.9 Å². The van der Waals surface area contributed by atoms with Gasteiger partial charge in [-0.2, -0.15) is 0 Å². The average molecular weight is 349 g/mol. The van der Waals surface area contributed by atoms with E-state index in [0.29, 0.717) is 6.42 Å². The Morgan fingerprint density at radius 3 is 2.81 bits per heavy atom. The summed E-state index contributed by atoms with van der Waals surface area (Å²) in [4.78, 5) is 15.5. The number of rotatable bonds is 3. The number of nitrogens with zero attached hydrogens (tertiary/aromatic N) is 1. The van der Waals surface area contributed by atoms with Crippen molar-refractivity contribution in [1.82, 2.24) is 4.90 Å². The van der Waals surface area contributed by atoms with Gasteiger partial charge in [0.05, 0.1) is 0 Å². The van der Waals surface area contributed by atoms with Crippen molar-refractivity contribution in [1.29, 1.82) is 0 Å². The van der Waals surface area contributed by atoms with E-state index < -0.39 is 0 Å². The van der Waals surface area contributed by atoms with Gasteiger partial charge in [0, 0.05) is 49.7 Å². The molecule has 3 nitrogen and oxygen atoms in total. The molecule has 0 bridgehead atoms. The predicted molar refractivity (Wildman–Crippen MR) is 105 cm³/mol. The van der Waals surface area contributed by atoms with Crippen molar-refractivity contribution in [3.63, 3.8) is 0 Å². The fourth-order valence-electron chi connectivity index (χ4n) is 4.33. The van der Waals surface area contributed by atoms with Crippen LogP contribution in [0.4, 0.5) is 0 Å². The maximum Gasteiger partial charge on any atom is 0.192 e. The van der Waals surface area contributed by atoms with Crippen molar-refractivity contribution in [2.75, 3.05) is 13.6 Å². The van der Waals surface area contributed by atoms with Gasteiger partial charge in [-0.15, -0.1) is 0 Å². The van der Waals surface area contributed by atoms with Crippen molar-refractivity contribution in [3.8, 4) is 0 Å². The molecule has 2 aliphatic carbocycles. The molecule has 0 amide bonds. The van der Waals surface area contributed by atoms with Crippen molar-refractivity contribution in [2.24, 2.45) is 0 Å². The molecule has 0 radical (unpaired) electrons. The first-order valence-electron chi connectivity index (χ1n) is 9.79. The van der Waals surface area contributed by atoms with Crippen molar-refractivity contribution < 1.29 is 4.42 Å². The summed E-state index contributed by atoms with van der Waals surface area (Å²) in [6.07, 6.45) is 16.9. The molecule has 0 spiro atoms. The lowest BCUT2D eigenvalue weighted by Gasteiger charge is -2.31. The summed E-state index contributed by atoms with van der Waals surface area (Å²) >= 11 is 0. The Kier molecular flexibility index (Phi) is 4.71. The van der Waals surface area contributed by atoms with Gasteiger partial charge >= 0.3 is 0 Å². The van der Waals surface area contributed by atoms with E-state index in [2.05, 4.69) is 49.3 Å². The predicted octanol–water partition coefficient (Wildman–Crippen LogP) is 4.27. The summed E-state index contributed by atoms with van der Waals surface area (Å²) in [6.45, 7) is 3.14. The van der Waals surface area contributed by atoms with E-state index in [9.17, 15) is 4.79 Å². The van der Waals surface area contributed by atoms with Crippen LogP contribution in [0.1, 0.15) is 48.8 Å². The average Bonchev–Trinajstić information content (AvgIpc) is 2.88. The number of likely N-dealkylation sites (N-methyl/N-ethyl adjacent to an activating group) is 1. The summed E-state index contributed by atoms with van der Waals surface area (Å²) in [7, 11) is 2.13. The highest BCUT2D eigenvalue weighted by Crippen LogP contribution is 2.34. The minimum Gasteiger partial charge on any atom is -0.465 e. The number of hydrogen-bond donors (Lipinski definition) is 0. The van der Waals surface area contributed by atoms with Gasteiger partial charge in [-0.25, -0.2) is 0 Å². The maximum absolute atomic E-state index is 13.2. The highest BCUT2D eigenvalue weighted by molar-refractivity contribution is 5.48. The van der Waals surface area contributed by atoms with E-state index in [1.807, 2.05) is 0 Å². The van der Waals surface area contributed by atoms with Crippen LogP contribution in [-0.2, 0) is 25.7 Å². The second-order valence-electron chi connectivity index (χ2n) is 7.50. The summed E-state index contributed by atoms with van der Waals surface area (Å²) in [5.74, 6) is 1.80. The Hall–Kier alpha value is -2.29. The third-order valence-electron chi connectivity index (χ3n) is 5.69. The molecule has 3 heteroatoms. The van der Waals surface area contributed by atoms with Crippen LogP contribution in [0.25, 0.3) is 0 Å². The molecule has 1 aromatic rings. The van der Waals surface area contributed by atoms with Gasteiger partial charge in [-0.1, -0.05) is 43.2 Å². The lowest BCUT2D eigenvalue weighted by Crippen LogP contribution is -2.28. The van der Waals surface area contributed by atoms with Crippen LogP contribution >= 0.6 is 0 Å². The van der Waals surface area contributed by atoms with Gasteiger partial charge in [-0.3, -0.25) is 4.79 Å². The third-order valence-corrected chi connectivity index (χ3v) is 5.69. The lowest BCUT2D eigenvalue weighted by atomic mass is 9.84. The number of hydrogen-bond acceptors (Lipinski definition) is 3. The molecule has 0 unspecified atom stereocenters. The molecular weight excluding hydrogens is 322 g/mol. The molecule has 0 fully saturated rings. The summed E-state index contributed by atoms with van der Waals surface area (Å²) < 4.78 is 6.29. The zero-order chi connectivity index (χ0) is 18.1. The molecule has 1 aromatic heterocycles. The monoisotopic (exact) mass is 349 g/mol. The van der Waals surface area contributed by atoms with Crippen LogP contribution in [0.5, 0.6) is 0 Å². The van der Waals surface area contributed by atoms with E-state index in [1.165, 1.54) is 16.8 Å². The standard InChI is InChI=1S/C23H27NO2/c1-3-9-16-14-22-19(15-18(16)20-11-7-8-13-24(20)2)23(25)17-10-5-4-6-12-21(17)26-22/h4,6-8,11H,3,5,9-10,12-15H2,1-2H3. The van der Waals surface area contributed by atoms with Crippen LogP contribution in [-0.4, -0.2) is 18.5 Å². The molecular formula is C23H27NO2. The van der Waals surface area contributed by atoms with E-state index in [1.54, 1.807) is 0 Å². The SMILES string of the molecule is CCCC1=C(C2=CC=CCN2C)Cc2c(oc3c(c2=O)CCC=CC3)C1. The zero-order valence-electron chi connectivity index (χ0n) is 15.8. The number of allylic oxidation sites excluding steroid dienone is 6. The van der Waals surface area contributed by atoms with Crippen LogP contribution in [0, 0.1) is 0 Å². The Bertz CT molecular complexity index is 896. The molecule has 0 atom stereocenters. The molecule has 0 N–H and O–H groups in total. The molecule has 0 saturated heterocycles. The maximum atomic E-state index is 13.2. The Morgan fingerprint density at radius 1 is 1.12 bits per heavy atom. The first kappa shape index (κ1) is 17.1. The molecule has 2 heterocycles. The molecule has 3 aliphatic rings. The van der Waals surface area contributed by atoms with E-state index in [-0.39, 0.29) is 5.43 Å². The van der Waals surface area contributed by atoms with E-state index in [4.69, 9.17) is 4.42 Å². The fourth-order valence-corrected chi connectivity index (χ4v) is 4.33. The summed E-state index contributed by atoms with van der Waals surface area (Å²) in [6, 6.07) is 0. The largest absolute Gasteiger partial charge is 0.465 e. The molecule has 136 valence electrons. The first-order valence-corrected chi connectivity index (χ1v) is 9.79. The van der Waals surface area contributed by atoms with Gasteiger partial charge in [-0.05, 0) is 30.9 Å². The van der Waals surface area contributed by atoms with Gasteiger partial charge in [0.25, 0.3) is 0 Å².